The minimum atomic E-state index is -0.386. The Morgan fingerprint density at radius 2 is 1.70 bits per heavy atom. The lowest BCUT2D eigenvalue weighted by Crippen LogP contribution is -2.32. The molecule has 0 atom stereocenters. The Kier molecular flexibility index (Phi) is 8.18. The van der Waals surface area contributed by atoms with Gasteiger partial charge in [-0.2, -0.15) is 0 Å². The average Bonchev–Trinajstić information content (AvgIpc) is 2.46. The van der Waals surface area contributed by atoms with Crippen molar-refractivity contribution in [3.8, 4) is 0 Å². The van der Waals surface area contributed by atoms with E-state index in [9.17, 15) is 9.50 Å². The van der Waals surface area contributed by atoms with Gasteiger partial charge in [0.25, 0.3) is 0 Å². The lowest BCUT2D eigenvalue weighted by molar-refractivity contribution is 0.141. The van der Waals surface area contributed by atoms with Crippen LogP contribution in [0, 0.1) is 5.82 Å². The molecule has 0 aromatic heterocycles. The Morgan fingerprint density at radius 1 is 1.10 bits per heavy atom. The van der Waals surface area contributed by atoms with Gasteiger partial charge < -0.3 is 19.5 Å². The van der Waals surface area contributed by atoms with E-state index in [1.54, 1.807) is 6.07 Å². The van der Waals surface area contributed by atoms with Crippen molar-refractivity contribution < 1.29 is 19.0 Å². The Bertz CT molecular complexity index is 377. The van der Waals surface area contributed by atoms with Crippen LogP contribution in [0.5, 0.6) is 0 Å². The van der Waals surface area contributed by atoms with Crippen molar-refractivity contribution in [1.82, 2.24) is 0 Å². The molecule has 0 aliphatic rings. The number of hydrogen-bond donors (Lipinski definition) is 1. The van der Waals surface area contributed by atoms with Crippen molar-refractivity contribution in [2.24, 2.45) is 0 Å². The van der Waals surface area contributed by atoms with Gasteiger partial charge in [0.15, 0.2) is 0 Å². The predicted molar refractivity (Wildman–Crippen MR) is 77.5 cm³/mol. The third-order valence-corrected chi connectivity index (χ3v) is 3.01. The van der Waals surface area contributed by atoms with Gasteiger partial charge in [-0.3, -0.25) is 0 Å². The van der Waals surface area contributed by atoms with E-state index in [1.807, 2.05) is 24.8 Å². The highest BCUT2D eigenvalue weighted by molar-refractivity contribution is 5.54. The summed E-state index contributed by atoms with van der Waals surface area (Å²) < 4.78 is 24.5. The predicted octanol–water partition coefficient (Wildman–Crippen LogP) is 2.20. The van der Waals surface area contributed by atoms with Crippen LogP contribution >= 0.6 is 0 Å². The van der Waals surface area contributed by atoms with Crippen LogP contribution in [0.15, 0.2) is 18.2 Å². The Hall–Kier alpha value is -1.17. The molecule has 114 valence electrons. The molecule has 0 aliphatic carbocycles. The zero-order valence-electron chi connectivity index (χ0n) is 12.3. The standard InChI is InChI=1S/C15H24FNO3/c1-3-19-10-8-17(9-11-20-4-2)15-7-5-6-14(16)13(15)12-18/h5-7,18H,3-4,8-12H2,1-2H3. The van der Waals surface area contributed by atoms with Crippen molar-refractivity contribution in [3.63, 3.8) is 0 Å². The maximum atomic E-state index is 13.7. The van der Waals surface area contributed by atoms with Crippen molar-refractivity contribution >= 4 is 5.69 Å². The number of hydrogen-bond acceptors (Lipinski definition) is 4. The molecule has 0 bridgehead atoms. The highest BCUT2D eigenvalue weighted by atomic mass is 19.1. The topological polar surface area (TPSA) is 41.9 Å². The van der Waals surface area contributed by atoms with Crippen molar-refractivity contribution in [2.75, 3.05) is 44.4 Å². The van der Waals surface area contributed by atoms with Gasteiger partial charge in [-0.1, -0.05) is 6.07 Å². The molecular formula is C15H24FNO3. The van der Waals surface area contributed by atoms with E-state index in [4.69, 9.17) is 9.47 Å². The molecule has 5 heteroatoms. The fourth-order valence-electron chi connectivity index (χ4n) is 1.99. The Labute approximate surface area is 120 Å². The Morgan fingerprint density at radius 3 is 2.20 bits per heavy atom. The normalized spacial score (nSPS) is 10.8. The zero-order chi connectivity index (χ0) is 14.8. The monoisotopic (exact) mass is 285 g/mol. The molecule has 0 aliphatic heterocycles. The number of benzene rings is 1. The number of aliphatic hydroxyl groups excluding tert-OH is 1. The maximum absolute atomic E-state index is 13.7. The van der Waals surface area contributed by atoms with E-state index in [-0.39, 0.29) is 12.4 Å². The van der Waals surface area contributed by atoms with E-state index in [2.05, 4.69) is 0 Å². The second-order valence-electron chi connectivity index (χ2n) is 4.28. The first kappa shape index (κ1) is 16.9. The first-order valence-corrected chi connectivity index (χ1v) is 7.03. The highest BCUT2D eigenvalue weighted by Crippen LogP contribution is 2.23. The Balaban J connectivity index is 2.81. The largest absolute Gasteiger partial charge is 0.391 e. The third kappa shape index (κ3) is 5.07. The summed E-state index contributed by atoms with van der Waals surface area (Å²) in [5, 5.41) is 9.36. The summed E-state index contributed by atoms with van der Waals surface area (Å²) in [5.74, 6) is -0.386. The summed E-state index contributed by atoms with van der Waals surface area (Å²) in [6, 6.07) is 4.82. The highest BCUT2D eigenvalue weighted by Gasteiger charge is 2.14. The molecule has 0 heterocycles. The minimum Gasteiger partial charge on any atom is -0.391 e. The molecule has 20 heavy (non-hydrogen) atoms. The third-order valence-electron chi connectivity index (χ3n) is 3.01. The minimum absolute atomic E-state index is 0.318. The van der Waals surface area contributed by atoms with Crippen LogP contribution in [0.3, 0.4) is 0 Å². The smallest absolute Gasteiger partial charge is 0.130 e. The molecular weight excluding hydrogens is 261 g/mol. The summed E-state index contributed by atoms with van der Waals surface area (Å²) in [5.41, 5.74) is 1.02. The van der Waals surface area contributed by atoms with E-state index >= 15 is 0 Å². The van der Waals surface area contributed by atoms with Crippen LogP contribution in [-0.4, -0.2) is 44.6 Å². The van der Waals surface area contributed by atoms with E-state index in [1.165, 1.54) is 6.07 Å². The molecule has 0 spiro atoms. The van der Waals surface area contributed by atoms with Gasteiger partial charge >= 0.3 is 0 Å². The van der Waals surface area contributed by atoms with Gasteiger partial charge in [-0.05, 0) is 26.0 Å². The van der Waals surface area contributed by atoms with Gasteiger partial charge in [0, 0.05) is 37.6 Å². The van der Waals surface area contributed by atoms with Crippen LogP contribution in [-0.2, 0) is 16.1 Å². The number of anilines is 1. The molecule has 1 N–H and O–H groups in total. The van der Waals surface area contributed by atoms with Crippen LogP contribution in [0.1, 0.15) is 19.4 Å². The number of nitrogens with zero attached hydrogens (tertiary/aromatic N) is 1. The SMILES string of the molecule is CCOCCN(CCOCC)c1cccc(F)c1CO. The molecule has 1 aromatic carbocycles. The van der Waals surface area contributed by atoms with Gasteiger partial charge in [0.2, 0.25) is 0 Å². The zero-order valence-corrected chi connectivity index (χ0v) is 12.3. The van der Waals surface area contributed by atoms with Gasteiger partial charge in [-0.25, -0.2) is 4.39 Å². The summed E-state index contributed by atoms with van der Waals surface area (Å²) in [4.78, 5) is 1.99. The van der Waals surface area contributed by atoms with Crippen LogP contribution < -0.4 is 4.90 Å². The first-order chi connectivity index (χ1) is 9.74. The first-order valence-electron chi connectivity index (χ1n) is 7.03. The molecule has 1 rings (SSSR count). The molecule has 0 saturated heterocycles. The molecule has 0 unspecified atom stereocenters. The molecule has 0 amide bonds. The molecule has 0 radical (unpaired) electrons. The summed E-state index contributed by atoms with van der Waals surface area (Å²) in [7, 11) is 0. The van der Waals surface area contributed by atoms with E-state index in [0.717, 1.165) is 0 Å². The summed E-state index contributed by atoms with van der Waals surface area (Å²) in [6.07, 6.45) is 0. The van der Waals surface area contributed by atoms with Gasteiger partial charge in [0.1, 0.15) is 5.82 Å². The van der Waals surface area contributed by atoms with Gasteiger partial charge in [0.05, 0.1) is 19.8 Å². The summed E-state index contributed by atoms with van der Waals surface area (Å²) in [6.45, 7) is 7.24. The quantitative estimate of drug-likeness (QED) is 0.669. The van der Waals surface area contributed by atoms with Crippen molar-refractivity contribution in [2.45, 2.75) is 20.5 Å². The molecule has 4 nitrogen and oxygen atoms in total. The fourth-order valence-corrected chi connectivity index (χ4v) is 1.99. The second kappa shape index (κ2) is 9.69. The van der Waals surface area contributed by atoms with Crippen molar-refractivity contribution in [1.29, 1.82) is 0 Å². The molecule has 0 saturated carbocycles. The average molecular weight is 285 g/mol. The molecule has 0 fully saturated rings. The van der Waals surface area contributed by atoms with E-state index in [0.29, 0.717) is 50.8 Å². The van der Waals surface area contributed by atoms with Gasteiger partial charge in [-0.15, -0.1) is 0 Å². The van der Waals surface area contributed by atoms with Crippen LogP contribution in [0.4, 0.5) is 10.1 Å². The lowest BCUT2D eigenvalue weighted by Gasteiger charge is -2.26. The number of rotatable bonds is 10. The number of halogens is 1. The lowest BCUT2D eigenvalue weighted by atomic mass is 10.1. The fraction of sp³-hybridized carbons (Fsp3) is 0.600. The second-order valence-corrected chi connectivity index (χ2v) is 4.28. The van der Waals surface area contributed by atoms with E-state index < -0.39 is 0 Å². The van der Waals surface area contributed by atoms with Crippen molar-refractivity contribution in [3.05, 3.63) is 29.6 Å². The summed E-state index contributed by atoms with van der Waals surface area (Å²) >= 11 is 0. The maximum Gasteiger partial charge on any atom is 0.130 e. The number of ether oxygens (including phenoxy) is 2. The van der Waals surface area contributed by atoms with Crippen LogP contribution in [0.25, 0.3) is 0 Å². The van der Waals surface area contributed by atoms with Crippen LogP contribution in [0.2, 0.25) is 0 Å². The number of aliphatic hydroxyl groups is 1. The molecule has 1 aromatic rings.